The van der Waals surface area contributed by atoms with Gasteiger partial charge in [0.25, 0.3) is 0 Å². The van der Waals surface area contributed by atoms with Gasteiger partial charge in [0.1, 0.15) is 11.9 Å². The maximum absolute atomic E-state index is 11.0. The fraction of sp³-hybridized carbons (Fsp3) is 0.875. The van der Waals surface area contributed by atoms with Gasteiger partial charge in [-0.2, -0.15) is 4.52 Å². The summed E-state index contributed by atoms with van der Waals surface area (Å²) in [6.45, 7) is 3.36. The van der Waals surface area contributed by atoms with Gasteiger partial charge in [-0.25, -0.2) is 0 Å². The van der Waals surface area contributed by atoms with E-state index < -0.39 is 20.2 Å². The van der Waals surface area contributed by atoms with Crippen LogP contribution in [0.2, 0.25) is 0 Å². The molecule has 0 aliphatic heterocycles. The van der Waals surface area contributed by atoms with Crippen molar-refractivity contribution in [3.63, 3.8) is 0 Å². The van der Waals surface area contributed by atoms with E-state index in [1.165, 1.54) is 5.80 Å². The van der Waals surface area contributed by atoms with Gasteiger partial charge in [0.05, 0.1) is 6.10 Å². The predicted molar refractivity (Wildman–Crippen MR) is 51.5 cm³/mol. The quantitative estimate of drug-likeness (QED) is 0.603. The Morgan fingerprint density at radius 2 is 2.23 bits per heavy atom. The van der Waals surface area contributed by atoms with Crippen LogP contribution in [-0.4, -0.2) is 34.8 Å². The summed E-state index contributed by atoms with van der Waals surface area (Å²) < 4.78 is 5.04. The molecule has 2 N–H and O–H groups in total. The van der Waals surface area contributed by atoms with Crippen LogP contribution in [0.4, 0.5) is 0 Å². The number of hydrogen-bond donors (Lipinski definition) is 2. The van der Waals surface area contributed by atoms with Crippen molar-refractivity contribution >= 4 is 13.8 Å². The van der Waals surface area contributed by atoms with E-state index in [1.807, 2.05) is 0 Å². The second-order valence-corrected chi connectivity index (χ2v) is 3.97. The average Bonchev–Trinajstić information content (AvgIpc) is 2.15. The van der Waals surface area contributed by atoms with Crippen molar-refractivity contribution in [1.29, 1.82) is 0 Å². The Balaban J connectivity index is 4.08. The summed E-state index contributed by atoms with van der Waals surface area (Å²) in [6.07, 6.45) is -0.359. The third-order valence-electron chi connectivity index (χ3n) is 1.71. The monoisotopic (exact) mass is 208 g/mol. The zero-order valence-electron chi connectivity index (χ0n) is 8.01. The van der Waals surface area contributed by atoms with Gasteiger partial charge in [-0.15, -0.1) is 0 Å². The molecule has 0 spiro atoms. The molecule has 3 unspecified atom stereocenters. The molecule has 13 heavy (non-hydrogen) atoms. The highest BCUT2D eigenvalue weighted by atomic mass is 31.1. The lowest BCUT2D eigenvalue weighted by atomic mass is 10.1. The van der Waals surface area contributed by atoms with Crippen LogP contribution in [0.3, 0.4) is 0 Å². The molecule has 0 bridgehead atoms. The van der Waals surface area contributed by atoms with E-state index in [9.17, 15) is 10.00 Å². The lowest BCUT2D eigenvalue weighted by Crippen LogP contribution is -2.28. The SMILES string of the molecule is CC=[P+]([O-])OC(CCO)C(O)CC. The van der Waals surface area contributed by atoms with Crippen molar-refractivity contribution in [2.45, 2.75) is 38.9 Å². The number of aliphatic hydroxyl groups is 2. The Bertz CT molecular complexity index is 160. The van der Waals surface area contributed by atoms with Crippen LogP contribution in [0, 0.1) is 0 Å². The van der Waals surface area contributed by atoms with E-state index in [0.717, 1.165) is 0 Å². The maximum atomic E-state index is 11.0. The second-order valence-electron chi connectivity index (χ2n) is 2.68. The first-order valence-electron chi connectivity index (χ1n) is 4.37. The number of aliphatic hydroxyl groups excluding tert-OH is 2. The van der Waals surface area contributed by atoms with E-state index in [0.29, 0.717) is 12.8 Å². The van der Waals surface area contributed by atoms with E-state index in [1.54, 1.807) is 13.8 Å². The molecule has 0 aromatic heterocycles. The van der Waals surface area contributed by atoms with E-state index in [-0.39, 0.29) is 6.61 Å². The first-order chi connectivity index (χ1) is 6.15. The van der Waals surface area contributed by atoms with Gasteiger partial charge in [0.2, 0.25) is 8.00 Å². The minimum Gasteiger partial charge on any atom is -0.603 e. The summed E-state index contributed by atoms with van der Waals surface area (Å²) in [5.74, 6) is 1.43. The lowest BCUT2D eigenvalue weighted by molar-refractivity contribution is -0.179. The molecule has 0 heterocycles. The van der Waals surface area contributed by atoms with Crippen molar-refractivity contribution in [1.82, 2.24) is 0 Å². The molecular formula is C8H17O4P. The van der Waals surface area contributed by atoms with Gasteiger partial charge in [0.15, 0.2) is 0 Å². The second kappa shape index (κ2) is 7.42. The summed E-state index contributed by atoms with van der Waals surface area (Å²) in [5, 5.41) is 18.1. The van der Waals surface area contributed by atoms with Gasteiger partial charge in [0, 0.05) is 13.0 Å². The fourth-order valence-corrected chi connectivity index (χ4v) is 1.53. The summed E-state index contributed by atoms with van der Waals surface area (Å²) in [6, 6.07) is 0. The summed E-state index contributed by atoms with van der Waals surface area (Å²) in [7, 11) is -1.81. The summed E-state index contributed by atoms with van der Waals surface area (Å²) >= 11 is 0. The molecule has 5 heteroatoms. The minimum absolute atomic E-state index is 0.0748. The molecule has 0 aliphatic rings. The van der Waals surface area contributed by atoms with Gasteiger partial charge in [-0.1, -0.05) is 6.92 Å². The topological polar surface area (TPSA) is 72.8 Å². The number of hydrogen-bond acceptors (Lipinski definition) is 4. The van der Waals surface area contributed by atoms with Crippen LogP contribution in [0.15, 0.2) is 0 Å². The standard InChI is InChI=1S/C8H17O4P/c1-3-7(10)8(5-6-9)12-13(11)4-2/h4,7-10H,3,5-6H2,1-2H3. The normalized spacial score (nSPS) is 17.2. The van der Waals surface area contributed by atoms with E-state index >= 15 is 0 Å². The molecule has 0 radical (unpaired) electrons. The highest BCUT2D eigenvalue weighted by Crippen LogP contribution is 2.20. The molecule has 0 saturated carbocycles. The van der Waals surface area contributed by atoms with Crippen LogP contribution < -0.4 is 4.89 Å². The van der Waals surface area contributed by atoms with Gasteiger partial charge in [-0.05, 0) is 13.3 Å². The Hall–Kier alpha value is 0.01000. The van der Waals surface area contributed by atoms with Crippen molar-refractivity contribution in [2.75, 3.05) is 6.61 Å². The van der Waals surface area contributed by atoms with Crippen LogP contribution >= 0.6 is 8.00 Å². The van der Waals surface area contributed by atoms with E-state index in [2.05, 4.69) is 0 Å². The summed E-state index contributed by atoms with van der Waals surface area (Å²) in [4.78, 5) is 11.0. The van der Waals surface area contributed by atoms with Crippen molar-refractivity contribution in [3.05, 3.63) is 0 Å². The molecule has 0 rings (SSSR count). The van der Waals surface area contributed by atoms with Crippen LogP contribution in [-0.2, 0) is 4.52 Å². The minimum atomic E-state index is -1.81. The molecule has 0 fully saturated rings. The Labute approximate surface area is 79.7 Å². The Morgan fingerprint density at radius 3 is 2.62 bits per heavy atom. The largest absolute Gasteiger partial charge is 0.603 e. The molecule has 0 saturated heterocycles. The van der Waals surface area contributed by atoms with E-state index in [4.69, 9.17) is 9.63 Å². The zero-order valence-corrected chi connectivity index (χ0v) is 8.91. The smallest absolute Gasteiger partial charge is 0.217 e. The Kier molecular flexibility index (Phi) is 7.42. The molecule has 0 aliphatic carbocycles. The van der Waals surface area contributed by atoms with Crippen LogP contribution in [0.5, 0.6) is 0 Å². The first kappa shape index (κ1) is 13.0. The molecule has 78 valence electrons. The van der Waals surface area contributed by atoms with Crippen molar-refractivity contribution < 1.29 is 19.6 Å². The van der Waals surface area contributed by atoms with Crippen molar-refractivity contribution in [3.8, 4) is 0 Å². The van der Waals surface area contributed by atoms with Crippen molar-refractivity contribution in [2.24, 2.45) is 0 Å². The lowest BCUT2D eigenvalue weighted by Gasteiger charge is -2.17. The molecule has 0 amide bonds. The Morgan fingerprint density at radius 1 is 1.62 bits per heavy atom. The first-order valence-corrected chi connectivity index (χ1v) is 5.61. The highest BCUT2D eigenvalue weighted by molar-refractivity contribution is 7.44. The molecule has 0 aromatic rings. The van der Waals surface area contributed by atoms with Crippen LogP contribution in [0.1, 0.15) is 26.7 Å². The van der Waals surface area contributed by atoms with Crippen LogP contribution in [0.25, 0.3) is 0 Å². The molecule has 4 nitrogen and oxygen atoms in total. The molecular weight excluding hydrogens is 191 g/mol. The molecule has 3 atom stereocenters. The van der Waals surface area contributed by atoms with Gasteiger partial charge < -0.3 is 15.1 Å². The fourth-order valence-electron chi connectivity index (χ4n) is 0.900. The molecule has 0 aromatic carbocycles. The van der Waals surface area contributed by atoms with Gasteiger partial charge >= 0.3 is 0 Å². The predicted octanol–water partition coefficient (Wildman–Crippen LogP) is 0.0192. The average molecular weight is 208 g/mol. The third kappa shape index (κ3) is 5.34. The number of rotatable bonds is 6. The third-order valence-corrected chi connectivity index (χ3v) is 2.61. The zero-order chi connectivity index (χ0) is 10.3. The highest BCUT2D eigenvalue weighted by Gasteiger charge is 2.21. The van der Waals surface area contributed by atoms with Gasteiger partial charge in [-0.3, -0.25) is 0 Å². The summed E-state index contributed by atoms with van der Waals surface area (Å²) in [5.41, 5.74) is 0. The maximum Gasteiger partial charge on any atom is 0.217 e.